The Morgan fingerprint density at radius 1 is 1.00 bits per heavy atom. The van der Waals surface area contributed by atoms with Gasteiger partial charge < -0.3 is 5.11 Å². The summed E-state index contributed by atoms with van der Waals surface area (Å²) in [6.45, 7) is 0. The van der Waals surface area contributed by atoms with Crippen LogP contribution in [0.4, 0.5) is 11.4 Å². The lowest BCUT2D eigenvalue weighted by Crippen LogP contribution is -2.13. The molecule has 0 aliphatic carbocycles. The van der Waals surface area contributed by atoms with Gasteiger partial charge in [-0.1, -0.05) is 57.3 Å². The minimum atomic E-state index is -3.85. The first kappa shape index (κ1) is 20.7. The van der Waals surface area contributed by atoms with E-state index < -0.39 is 10.0 Å². The van der Waals surface area contributed by atoms with Gasteiger partial charge in [0.1, 0.15) is 5.75 Å². The fourth-order valence-electron chi connectivity index (χ4n) is 2.30. The van der Waals surface area contributed by atoms with E-state index in [2.05, 4.69) is 25.6 Å². The summed E-state index contributed by atoms with van der Waals surface area (Å²) in [5.41, 5.74) is 0.842. The van der Waals surface area contributed by atoms with E-state index in [0.717, 1.165) is 4.47 Å². The Morgan fingerprint density at radius 3 is 2.39 bits per heavy atom. The Kier molecular flexibility index (Phi) is 6.30. The lowest BCUT2D eigenvalue weighted by atomic mass is 10.2. The summed E-state index contributed by atoms with van der Waals surface area (Å²) in [7, 11) is -3.85. The molecular formula is C19H13BrCl2N2O3S. The molecule has 3 rings (SSSR count). The summed E-state index contributed by atoms with van der Waals surface area (Å²) < 4.78 is 28.5. The number of hydrogen-bond donors (Lipinski definition) is 2. The van der Waals surface area contributed by atoms with Gasteiger partial charge in [-0.2, -0.15) is 0 Å². The van der Waals surface area contributed by atoms with Gasteiger partial charge in [0, 0.05) is 16.3 Å². The summed E-state index contributed by atoms with van der Waals surface area (Å²) in [4.78, 5) is 4.38. The maximum atomic E-state index is 12.6. The second kappa shape index (κ2) is 8.53. The number of nitrogens with zero attached hydrogens (tertiary/aromatic N) is 1. The predicted octanol–water partition coefficient (Wildman–Crippen LogP) is 6.01. The van der Waals surface area contributed by atoms with Crippen molar-refractivity contribution in [2.75, 3.05) is 4.72 Å². The van der Waals surface area contributed by atoms with E-state index in [1.165, 1.54) is 36.5 Å². The molecule has 0 saturated carbocycles. The van der Waals surface area contributed by atoms with Gasteiger partial charge in [-0.15, -0.1) is 0 Å². The van der Waals surface area contributed by atoms with Gasteiger partial charge in [0.05, 0.1) is 26.3 Å². The van der Waals surface area contributed by atoms with Crippen LogP contribution < -0.4 is 4.72 Å². The predicted molar refractivity (Wildman–Crippen MR) is 117 cm³/mol. The van der Waals surface area contributed by atoms with E-state index in [9.17, 15) is 13.5 Å². The number of phenolic OH excluding ortho intramolecular Hbond substituents is 1. The number of anilines is 1. The van der Waals surface area contributed by atoms with Crippen LogP contribution in [0.1, 0.15) is 5.56 Å². The van der Waals surface area contributed by atoms with Crippen LogP contribution >= 0.6 is 39.1 Å². The molecule has 0 aliphatic rings. The molecule has 0 spiro atoms. The molecule has 0 bridgehead atoms. The lowest BCUT2D eigenvalue weighted by molar-refractivity contribution is 0.474. The smallest absolute Gasteiger partial charge is 0.261 e. The Balaban J connectivity index is 2.02. The van der Waals surface area contributed by atoms with Crippen molar-refractivity contribution in [1.29, 1.82) is 0 Å². The number of phenols is 1. The monoisotopic (exact) mass is 498 g/mol. The summed E-state index contributed by atoms with van der Waals surface area (Å²) in [5.74, 6) is 0.0263. The van der Waals surface area contributed by atoms with Crippen LogP contribution in [0.3, 0.4) is 0 Å². The number of sulfonamides is 1. The van der Waals surface area contributed by atoms with Crippen LogP contribution in [0.15, 0.2) is 75.0 Å². The maximum Gasteiger partial charge on any atom is 0.261 e. The van der Waals surface area contributed by atoms with Crippen LogP contribution in [-0.4, -0.2) is 19.7 Å². The zero-order valence-electron chi connectivity index (χ0n) is 14.1. The standard InChI is InChI=1S/C19H13BrCl2N2O3S/c20-13-6-7-19(25)12(8-13)11-23-17-9-15(21)16(22)10-18(17)24-28(26,27)14-4-2-1-3-5-14/h1-11,24-25H/b23-11+. The molecule has 3 aromatic rings. The molecule has 0 amide bonds. The van der Waals surface area contributed by atoms with E-state index >= 15 is 0 Å². The topological polar surface area (TPSA) is 78.8 Å². The molecule has 0 unspecified atom stereocenters. The van der Waals surface area contributed by atoms with Gasteiger partial charge in [0.25, 0.3) is 10.0 Å². The van der Waals surface area contributed by atoms with E-state index in [1.54, 1.807) is 30.3 Å². The quantitative estimate of drug-likeness (QED) is 0.421. The number of halogens is 3. The third-order valence-electron chi connectivity index (χ3n) is 3.67. The molecule has 0 fully saturated rings. The molecule has 0 radical (unpaired) electrons. The Bertz CT molecular complexity index is 1150. The van der Waals surface area contributed by atoms with E-state index in [0.29, 0.717) is 5.56 Å². The van der Waals surface area contributed by atoms with Crippen molar-refractivity contribution in [3.8, 4) is 5.75 Å². The molecular weight excluding hydrogens is 487 g/mol. The summed E-state index contributed by atoms with van der Waals surface area (Å²) in [5, 5.41) is 10.3. The fourth-order valence-corrected chi connectivity index (χ4v) is 4.08. The Hall–Kier alpha value is -2.06. The number of aromatic hydroxyl groups is 1. The van der Waals surface area contributed by atoms with Crippen LogP contribution in [0.2, 0.25) is 10.0 Å². The first-order chi connectivity index (χ1) is 13.3. The zero-order valence-corrected chi connectivity index (χ0v) is 18.0. The second-order valence-corrected chi connectivity index (χ2v) is 9.08. The SMILES string of the molecule is O=S(=O)(Nc1cc(Cl)c(Cl)cc1/N=C/c1cc(Br)ccc1O)c1ccccc1. The summed E-state index contributed by atoms with van der Waals surface area (Å²) in [6, 6.07) is 15.6. The number of benzene rings is 3. The Morgan fingerprint density at radius 2 is 1.68 bits per heavy atom. The maximum absolute atomic E-state index is 12.6. The van der Waals surface area contributed by atoms with Gasteiger partial charge >= 0.3 is 0 Å². The lowest BCUT2D eigenvalue weighted by Gasteiger charge is -2.12. The van der Waals surface area contributed by atoms with Crippen LogP contribution in [0, 0.1) is 0 Å². The minimum absolute atomic E-state index is 0.0263. The molecule has 0 heterocycles. The highest BCUT2D eigenvalue weighted by Crippen LogP contribution is 2.36. The average Bonchev–Trinajstić information content (AvgIpc) is 2.66. The van der Waals surface area contributed by atoms with Gasteiger partial charge in [0.2, 0.25) is 0 Å². The van der Waals surface area contributed by atoms with Crippen molar-refractivity contribution in [1.82, 2.24) is 0 Å². The van der Waals surface area contributed by atoms with Crippen LogP contribution in [-0.2, 0) is 10.0 Å². The van der Waals surface area contributed by atoms with Crippen molar-refractivity contribution in [3.63, 3.8) is 0 Å². The Labute approximate surface area is 180 Å². The second-order valence-electron chi connectivity index (χ2n) is 5.66. The third-order valence-corrected chi connectivity index (χ3v) is 6.27. The number of nitrogens with one attached hydrogen (secondary N) is 1. The van der Waals surface area contributed by atoms with Gasteiger partial charge in [-0.3, -0.25) is 9.71 Å². The fraction of sp³-hybridized carbons (Fsp3) is 0. The highest BCUT2D eigenvalue weighted by Gasteiger charge is 2.17. The molecule has 0 aliphatic heterocycles. The normalized spacial score (nSPS) is 11.7. The molecule has 144 valence electrons. The molecule has 9 heteroatoms. The molecule has 0 saturated heterocycles. The largest absolute Gasteiger partial charge is 0.507 e. The van der Waals surface area contributed by atoms with Crippen LogP contribution in [0.25, 0.3) is 0 Å². The molecule has 0 aromatic heterocycles. The van der Waals surface area contributed by atoms with Crippen molar-refractivity contribution >= 4 is 66.7 Å². The van der Waals surface area contributed by atoms with Gasteiger partial charge in [-0.05, 0) is 42.5 Å². The average molecular weight is 500 g/mol. The van der Waals surface area contributed by atoms with E-state index in [1.807, 2.05) is 0 Å². The van der Waals surface area contributed by atoms with Crippen molar-refractivity contribution < 1.29 is 13.5 Å². The molecule has 28 heavy (non-hydrogen) atoms. The minimum Gasteiger partial charge on any atom is -0.507 e. The molecule has 3 aromatic carbocycles. The number of rotatable bonds is 5. The van der Waals surface area contributed by atoms with Gasteiger partial charge in [0.15, 0.2) is 0 Å². The summed E-state index contributed by atoms with van der Waals surface area (Å²) in [6.07, 6.45) is 1.40. The molecule has 0 atom stereocenters. The van der Waals surface area contributed by atoms with Gasteiger partial charge in [-0.25, -0.2) is 8.42 Å². The number of aliphatic imine (C=N–C) groups is 1. The van der Waals surface area contributed by atoms with Crippen LogP contribution in [0.5, 0.6) is 5.75 Å². The van der Waals surface area contributed by atoms with Crippen molar-refractivity contribution in [2.45, 2.75) is 4.90 Å². The van der Waals surface area contributed by atoms with E-state index in [-0.39, 0.29) is 32.1 Å². The first-order valence-electron chi connectivity index (χ1n) is 7.86. The number of hydrogen-bond acceptors (Lipinski definition) is 4. The van der Waals surface area contributed by atoms with Crippen molar-refractivity contribution in [3.05, 3.63) is 80.7 Å². The van der Waals surface area contributed by atoms with Crippen molar-refractivity contribution in [2.24, 2.45) is 4.99 Å². The molecule has 2 N–H and O–H groups in total. The highest BCUT2D eigenvalue weighted by molar-refractivity contribution is 9.10. The third kappa shape index (κ3) is 4.86. The first-order valence-corrected chi connectivity index (χ1v) is 10.9. The van der Waals surface area contributed by atoms with E-state index in [4.69, 9.17) is 23.2 Å². The zero-order chi connectivity index (χ0) is 20.3. The molecule has 5 nitrogen and oxygen atoms in total. The highest BCUT2D eigenvalue weighted by atomic mass is 79.9. The summed E-state index contributed by atoms with van der Waals surface area (Å²) >= 11 is 15.5.